The summed E-state index contributed by atoms with van der Waals surface area (Å²) in [5.74, 6) is -0.303. The van der Waals surface area contributed by atoms with Crippen molar-refractivity contribution in [3.05, 3.63) is 102 Å². The minimum atomic E-state index is -0.569. The Hall–Kier alpha value is -3.11. The Morgan fingerprint density at radius 1 is 0.742 bits per heavy atom. The zero-order chi connectivity index (χ0) is 21.9. The third-order valence-electron chi connectivity index (χ3n) is 5.07. The molecule has 31 heavy (non-hydrogen) atoms. The highest BCUT2D eigenvalue weighted by molar-refractivity contribution is 5.75. The topological polar surface area (TPSA) is 38.8 Å². The second-order valence-corrected chi connectivity index (χ2v) is 7.39. The Morgan fingerprint density at radius 3 is 1.77 bits per heavy atom. The Morgan fingerprint density at radius 2 is 1.29 bits per heavy atom. The van der Waals surface area contributed by atoms with E-state index in [0.29, 0.717) is 19.6 Å². The summed E-state index contributed by atoms with van der Waals surface area (Å²) in [6.07, 6.45) is -0.0647. The molecule has 0 amide bonds. The van der Waals surface area contributed by atoms with Gasteiger partial charge in [0, 0.05) is 31.8 Å². The zero-order valence-corrected chi connectivity index (χ0v) is 18.4. The molecule has 0 bridgehead atoms. The second-order valence-electron chi connectivity index (χ2n) is 7.39. The summed E-state index contributed by atoms with van der Waals surface area (Å²) in [6.45, 7) is 6.17. The summed E-state index contributed by atoms with van der Waals surface area (Å²) in [6, 6.07) is 29.4. The van der Waals surface area contributed by atoms with Gasteiger partial charge in [0.05, 0.1) is 6.61 Å². The number of carbonyl (C=O) groups is 1. The first kappa shape index (κ1) is 22.6. The maximum Gasteiger partial charge on any atom is 0.335 e. The largest absolute Gasteiger partial charge is 0.464 e. The van der Waals surface area contributed by atoms with Crippen molar-refractivity contribution < 1.29 is 14.3 Å². The summed E-state index contributed by atoms with van der Waals surface area (Å²) in [5, 5.41) is 0. The molecular formula is C27H31NO3. The number of hydrogen-bond donors (Lipinski definition) is 0. The number of benzene rings is 3. The summed E-state index contributed by atoms with van der Waals surface area (Å²) in [4.78, 5) is 14.5. The molecule has 162 valence electrons. The highest BCUT2D eigenvalue weighted by atomic mass is 16.6. The molecule has 3 aromatic carbocycles. The van der Waals surface area contributed by atoms with Crippen LogP contribution in [0.5, 0.6) is 0 Å². The third-order valence-corrected chi connectivity index (χ3v) is 5.07. The highest BCUT2D eigenvalue weighted by Crippen LogP contribution is 2.22. The lowest BCUT2D eigenvalue weighted by Crippen LogP contribution is -2.29. The predicted octanol–water partition coefficient (Wildman–Crippen LogP) is 5.40. The van der Waals surface area contributed by atoms with Crippen LogP contribution >= 0.6 is 0 Å². The average Bonchev–Trinajstić information content (AvgIpc) is 2.80. The van der Waals surface area contributed by atoms with Crippen molar-refractivity contribution >= 4 is 11.7 Å². The Balaban J connectivity index is 1.76. The molecule has 0 spiro atoms. The molecule has 1 atom stereocenters. The molecule has 4 nitrogen and oxygen atoms in total. The number of carbonyl (C=O) groups excluding carboxylic acids is 1. The first-order chi connectivity index (χ1) is 15.2. The quantitative estimate of drug-likeness (QED) is 0.391. The predicted molar refractivity (Wildman–Crippen MR) is 125 cm³/mol. The van der Waals surface area contributed by atoms with Crippen LogP contribution in [0.1, 0.15) is 30.5 Å². The van der Waals surface area contributed by atoms with Crippen LogP contribution in [-0.4, -0.2) is 25.3 Å². The van der Waals surface area contributed by atoms with Crippen LogP contribution in [0, 0.1) is 0 Å². The Bertz CT molecular complexity index is 869. The second kappa shape index (κ2) is 11.9. The molecular weight excluding hydrogens is 386 g/mol. The van der Waals surface area contributed by atoms with Crippen LogP contribution in [-0.2, 0) is 33.8 Å². The molecule has 4 heteroatoms. The van der Waals surface area contributed by atoms with Crippen LogP contribution in [0.2, 0.25) is 0 Å². The number of rotatable bonds is 11. The summed E-state index contributed by atoms with van der Waals surface area (Å²) >= 11 is 0. The van der Waals surface area contributed by atoms with E-state index in [0.717, 1.165) is 24.3 Å². The van der Waals surface area contributed by atoms with Gasteiger partial charge in [-0.15, -0.1) is 0 Å². The van der Waals surface area contributed by atoms with E-state index in [1.807, 2.05) is 26.0 Å². The zero-order valence-electron chi connectivity index (χ0n) is 18.4. The van der Waals surface area contributed by atoms with Crippen LogP contribution < -0.4 is 4.90 Å². The summed E-state index contributed by atoms with van der Waals surface area (Å²) in [5.41, 5.74) is 4.72. The molecule has 1 unspecified atom stereocenters. The molecule has 0 saturated heterocycles. The van der Waals surface area contributed by atoms with E-state index in [2.05, 4.69) is 77.7 Å². The van der Waals surface area contributed by atoms with Gasteiger partial charge in [-0.05, 0) is 42.7 Å². The lowest BCUT2D eigenvalue weighted by Gasteiger charge is -2.26. The molecule has 0 N–H and O–H groups in total. The summed E-state index contributed by atoms with van der Waals surface area (Å²) in [7, 11) is 0. The fraction of sp³-hybridized carbons (Fsp3) is 0.296. The van der Waals surface area contributed by atoms with Crippen molar-refractivity contribution in [2.75, 3.05) is 18.1 Å². The van der Waals surface area contributed by atoms with E-state index < -0.39 is 6.10 Å². The van der Waals surface area contributed by atoms with Crippen molar-refractivity contribution in [3.8, 4) is 0 Å². The van der Waals surface area contributed by atoms with Crippen molar-refractivity contribution in [3.63, 3.8) is 0 Å². The number of esters is 1. The van der Waals surface area contributed by atoms with E-state index >= 15 is 0 Å². The minimum Gasteiger partial charge on any atom is -0.464 e. The van der Waals surface area contributed by atoms with Gasteiger partial charge in [0.2, 0.25) is 0 Å². The normalized spacial score (nSPS) is 11.7. The summed E-state index contributed by atoms with van der Waals surface area (Å²) < 4.78 is 10.8. The molecule has 0 radical (unpaired) electrons. The van der Waals surface area contributed by atoms with Gasteiger partial charge >= 0.3 is 5.97 Å². The molecule has 0 aliphatic rings. The van der Waals surface area contributed by atoms with Gasteiger partial charge in [-0.2, -0.15) is 0 Å². The SMILES string of the molecule is CCOC(=O)C(Cc1ccc(N(Cc2ccccc2)Cc2ccccc2)cc1)OCC. The van der Waals surface area contributed by atoms with Gasteiger partial charge in [0.15, 0.2) is 6.10 Å². The average molecular weight is 418 g/mol. The van der Waals surface area contributed by atoms with E-state index in [-0.39, 0.29) is 5.97 Å². The highest BCUT2D eigenvalue weighted by Gasteiger charge is 2.20. The van der Waals surface area contributed by atoms with Gasteiger partial charge in [0.25, 0.3) is 0 Å². The smallest absolute Gasteiger partial charge is 0.335 e. The van der Waals surface area contributed by atoms with Gasteiger partial charge in [-0.3, -0.25) is 0 Å². The number of hydrogen-bond acceptors (Lipinski definition) is 4. The van der Waals surface area contributed by atoms with E-state index in [9.17, 15) is 4.79 Å². The maximum atomic E-state index is 12.2. The van der Waals surface area contributed by atoms with Crippen molar-refractivity contribution in [1.29, 1.82) is 0 Å². The van der Waals surface area contributed by atoms with Gasteiger partial charge < -0.3 is 14.4 Å². The molecule has 0 heterocycles. The fourth-order valence-corrected chi connectivity index (χ4v) is 3.55. The van der Waals surface area contributed by atoms with E-state index in [4.69, 9.17) is 9.47 Å². The van der Waals surface area contributed by atoms with Crippen molar-refractivity contribution in [2.45, 2.75) is 39.5 Å². The number of anilines is 1. The van der Waals surface area contributed by atoms with Crippen LogP contribution in [0.4, 0.5) is 5.69 Å². The van der Waals surface area contributed by atoms with Gasteiger partial charge in [-0.1, -0.05) is 72.8 Å². The monoisotopic (exact) mass is 417 g/mol. The standard InChI is InChI=1S/C27H31NO3/c1-3-30-26(27(29)31-4-2)19-22-15-17-25(18-16-22)28(20-23-11-7-5-8-12-23)21-24-13-9-6-10-14-24/h5-18,26H,3-4,19-21H2,1-2H3. The van der Waals surface area contributed by atoms with Crippen LogP contribution in [0.15, 0.2) is 84.9 Å². The first-order valence-corrected chi connectivity index (χ1v) is 10.9. The van der Waals surface area contributed by atoms with Crippen LogP contribution in [0.3, 0.4) is 0 Å². The number of ether oxygens (including phenoxy) is 2. The van der Waals surface area contributed by atoms with Gasteiger partial charge in [-0.25, -0.2) is 4.79 Å². The lowest BCUT2D eigenvalue weighted by atomic mass is 10.1. The lowest BCUT2D eigenvalue weighted by molar-refractivity contribution is -0.156. The molecule has 0 aliphatic heterocycles. The molecule has 3 aromatic rings. The molecule has 0 aromatic heterocycles. The Kier molecular flexibility index (Phi) is 8.68. The first-order valence-electron chi connectivity index (χ1n) is 10.9. The van der Waals surface area contributed by atoms with Crippen LogP contribution in [0.25, 0.3) is 0 Å². The maximum absolute atomic E-state index is 12.2. The van der Waals surface area contributed by atoms with E-state index in [1.165, 1.54) is 11.1 Å². The van der Waals surface area contributed by atoms with Crippen molar-refractivity contribution in [1.82, 2.24) is 0 Å². The van der Waals surface area contributed by atoms with Crippen molar-refractivity contribution in [2.24, 2.45) is 0 Å². The fourth-order valence-electron chi connectivity index (χ4n) is 3.55. The molecule has 0 fully saturated rings. The Labute approximate surface area is 185 Å². The third kappa shape index (κ3) is 6.97. The van der Waals surface area contributed by atoms with Gasteiger partial charge in [0.1, 0.15) is 0 Å². The molecule has 3 rings (SSSR count). The molecule has 0 saturated carbocycles. The molecule has 0 aliphatic carbocycles. The number of nitrogens with zero attached hydrogens (tertiary/aromatic N) is 1. The van der Waals surface area contributed by atoms with E-state index in [1.54, 1.807) is 0 Å². The minimum absolute atomic E-state index is 0.303.